The van der Waals surface area contributed by atoms with Crippen molar-refractivity contribution in [2.45, 2.75) is 0 Å². The van der Waals surface area contributed by atoms with E-state index in [1.54, 1.807) is 0 Å². The first-order valence-corrected chi connectivity index (χ1v) is 18.8. The summed E-state index contributed by atoms with van der Waals surface area (Å²) < 4.78 is 8.62. The van der Waals surface area contributed by atoms with Crippen molar-refractivity contribution in [1.29, 1.82) is 0 Å². The molecule has 0 radical (unpaired) electrons. The summed E-state index contributed by atoms with van der Waals surface area (Å²) in [4.78, 5) is 2.40. The Morgan fingerprint density at radius 3 is 1.73 bits per heavy atom. The summed E-state index contributed by atoms with van der Waals surface area (Å²) in [6.07, 6.45) is 0. The normalized spacial score (nSPS) is 11.6. The van der Waals surface area contributed by atoms with E-state index in [1.165, 1.54) is 43.9 Å². The molecule has 0 saturated carbocycles. The summed E-state index contributed by atoms with van der Waals surface area (Å²) in [5, 5.41) is 7.10. The highest BCUT2D eigenvalue weighted by molar-refractivity contribution is 6.16. The zero-order valence-electron chi connectivity index (χ0n) is 29.9. The molecule has 0 aliphatic rings. The number of hydrogen-bond donors (Lipinski definition) is 0. The lowest BCUT2D eigenvalue weighted by Gasteiger charge is -2.27. The molecular weight excluding hydrogens is 669 g/mol. The van der Waals surface area contributed by atoms with Crippen LogP contribution in [0.5, 0.6) is 0 Å². The minimum Gasteiger partial charge on any atom is -0.456 e. The maximum atomic E-state index is 6.24. The third-order valence-corrected chi connectivity index (χ3v) is 11.0. The van der Waals surface area contributed by atoms with Gasteiger partial charge in [-0.25, -0.2) is 0 Å². The first-order valence-electron chi connectivity index (χ1n) is 18.8. The van der Waals surface area contributed by atoms with E-state index in [9.17, 15) is 0 Å². The van der Waals surface area contributed by atoms with Crippen LogP contribution in [-0.2, 0) is 0 Å². The molecule has 2 heterocycles. The number of anilines is 3. The number of nitrogens with zero attached hydrogens (tertiary/aromatic N) is 2. The SMILES string of the molecule is c1ccc(-c2ccc(N(c3ccc(-c4ccc5cc6c(cc5c4)oc4ccccc46)cc3)c3cccc4c3c3ccccc3n4-c3ccccc3)cc2)cc1. The van der Waals surface area contributed by atoms with Crippen LogP contribution < -0.4 is 4.90 Å². The van der Waals surface area contributed by atoms with Crippen molar-refractivity contribution in [1.82, 2.24) is 4.57 Å². The summed E-state index contributed by atoms with van der Waals surface area (Å²) in [6, 6.07) is 74.0. The summed E-state index contributed by atoms with van der Waals surface area (Å²) in [5.74, 6) is 0. The van der Waals surface area contributed by atoms with Crippen molar-refractivity contribution in [2.75, 3.05) is 4.90 Å². The molecule has 0 aliphatic carbocycles. The smallest absolute Gasteiger partial charge is 0.136 e. The molecule has 9 aromatic carbocycles. The summed E-state index contributed by atoms with van der Waals surface area (Å²) in [6.45, 7) is 0. The Morgan fingerprint density at radius 2 is 0.964 bits per heavy atom. The van der Waals surface area contributed by atoms with Crippen molar-refractivity contribution in [3.8, 4) is 27.9 Å². The molecule has 0 N–H and O–H groups in total. The molecule has 55 heavy (non-hydrogen) atoms. The van der Waals surface area contributed by atoms with E-state index in [2.05, 4.69) is 204 Å². The minimum absolute atomic E-state index is 0.915. The molecule has 258 valence electrons. The second-order valence-electron chi connectivity index (χ2n) is 14.2. The van der Waals surface area contributed by atoms with Gasteiger partial charge in [-0.3, -0.25) is 0 Å². The van der Waals surface area contributed by atoms with E-state index in [4.69, 9.17) is 4.42 Å². The van der Waals surface area contributed by atoms with Gasteiger partial charge < -0.3 is 13.9 Å². The van der Waals surface area contributed by atoms with Crippen LogP contribution in [0.15, 0.2) is 211 Å². The molecule has 0 fully saturated rings. The molecule has 0 bridgehead atoms. The fourth-order valence-electron chi connectivity index (χ4n) is 8.35. The summed E-state index contributed by atoms with van der Waals surface area (Å²) in [7, 11) is 0. The quantitative estimate of drug-likeness (QED) is 0.172. The predicted octanol–water partition coefficient (Wildman–Crippen LogP) is 14.6. The maximum Gasteiger partial charge on any atom is 0.136 e. The highest BCUT2D eigenvalue weighted by atomic mass is 16.3. The molecule has 2 aromatic heterocycles. The standard InChI is InChI=1S/C52H34N2O/c1-3-12-35(13-4-1)36-24-28-42(29-25-36)53(48-19-11-20-49-52(48)45-17-7-9-18-47(45)54(49)41-14-5-2-6-15-41)43-30-26-37(27-31-43)38-22-23-39-33-46-44-16-8-10-21-50(44)55-51(46)34-40(39)32-38/h1-34H. The lowest BCUT2D eigenvalue weighted by molar-refractivity contribution is 0.669. The zero-order valence-corrected chi connectivity index (χ0v) is 29.9. The second kappa shape index (κ2) is 12.6. The molecule has 3 heteroatoms. The van der Waals surface area contributed by atoms with E-state index in [0.29, 0.717) is 0 Å². The van der Waals surface area contributed by atoms with E-state index >= 15 is 0 Å². The highest BCUT2D eigenvalue weighted by Crippen LogP contribution is 2.44. The minimum atomic E-state index is 0.915. The molecule has 11 rings (SSSR count). The lowest BCUT2D eigenvalue weighted by atomic mass is 9.99. The Kier molecular flexibility index (Phi) is 7.17. The molecule has 0 spiro atoms. The van der Waals surface area contributed by atoms with Gasteiger partial charge in [0.05, 0.1) is 16.7 Å². The average molecular weight is 703 g/mol. The molecule has 0 atom stereocenters. The second-order valence-corrected chi connectivity index (χ2v) is 14.2. The predicted molar refractivity (Wildman–Crippen MR) is 231 cm³/mol. The molecule has 0 aliphatic heterocycles. The molecule has 3 nitrogen and oxygen atoms in total. The van der Waals surface area contributed by atoms with Crippen LogP contribution in [0.4, 0.5) is 17.1 Å². The summed E-state index contributed by atoms with van der Waals surface area (Å²) >= 11 is 0. The van der Waals surface area contributed by atoms with Gasteiger partial charge in [0.15, 0.2) is 0 Å². The number of benzene rings is 9. The number of rotatable bonds is 6. The van der Waals surface area contributed by atoms with E-state index in [0.717, 1.165) is 55.6 Å². The van der Waals surface area contributed by atoms with E-state index < -0.39 is 0 Å². The van der Waals surface area contributed by atoms with Crippen LogP contribution in [0.25, 0.3) is 82.5 Å². The third kappa shape index (κ3) is 5.20. The number of para-hydroxylation sites is 3. The lowest BCUT2D eigenvalue weighted by Crippen LogP contribution is -2.10. The van der Waals surface area contributed by atoms with E-state index in [-0.39, 0.29) is 0 Å². The van der Waals surface area contributed by atoms with Crippen molar-refractivity contribution in [2.24, 2.45) is 0 Å². The van der Waals surface area contributed by atoms with Crippen molar-refractivity contribution >= 4 is 71.6 Å². The fourth-order valence-corrected chi connectivity index (χ4v) is 8.35. The van der Waals surface area contributed by atoms with Crippen LogP contribution in [0.2, 0.25) is 0 Å². The van der Waals surface area contributed by atoms with Gasteiger partial charge in [-0.05, 0) is 112 Å². The van der Waals surface area contributed by atoms with E-state index in [1.807, 2.05) is 12.1 Å². The molecule has 0 unspecified atom stereocenters. The fraction of sp³-hybridized carbons (Fsp3) is 0. The highest BCUT2D eigenvalue weighted by Gasteiger charge is 2.21. The molecular formula is C52H34N2O. The Morgan fingerprint density at radius 1 is 0.364 bits per heavy atom. The average Bonchev–Trinajstić information content (AvgIpc) is 3.79. The first kappa shape index (κ1) is 31.2. The van der Waals surface area contributed by atoms with Gasteiger partial charge in [0, 0.05) is 38.6 Å². The number of hydrogen-bond acceptors (Lipinski definition) is 2. The van der Waals surface area contributed by atoms with Gasteiger partial charge in [0.2, 0.25) is 0 Å². The number of furan rings is 1. The Balaban J connectivity index is 1.06. The topological polar surface area (TPSA) is 21.3 Å². The van der Waals surface area contributed by atoms with Gasteiger partial charge >= 0.3 is 0 Å². The van der Waals surface area contributed by atoms with Crippen molar-refractivity contribution in [3.05, 3.63) is 206 Å². The molecule has 11 aromatic rings. The third-order valence-electron chi connectivity index (χ3n) is 11.0. The van der Waals surface area contributed by atoms with Gasteiger partial charge in [-0.1, -0.05) is 127 Å². The molecule has 0 amide bonds. The Labute approximate surface area is 318 Å². The van der Waals surface area contributed by atoms with Crippen LogP contribution in [0.3, 0.4) is 0 Å². The molecule has 0 saturated heterocycles. The monoisotopic (exact) mass is 702 g/mol. The van der Waals surface area contributed by atoms with Crippen molar-refractivity contribution in [3.63, 3.8) is 0 Å². The number of fused-ring (bicyclic) bond motifs is 7. The number of aromatic nitrogens is 1. The van der Waals surface area contributed by atoms with Crippen LogP contribution in [-0.4, -0.2) is 4.57 Å². The van der Waals surface area contributed by atoms with Gasteiger partial charge in [-0.2, -0.15) is 0 Å². The van der Waals surface area contributed by atoms with Gasteiger partial charge in [0.1, 0.15) is 11.2 Å². The zero-order chi connectivity index (χ0) is 36.3. The Bertz CT molecular complexity index is 3180. The first-order chi connectivity index (χ1) is 27.3. The van der Waals surface area contributed by atoms with Crippen LogP contribution >= 0.6 is 0 Å². The Hall–Kier alpha value is -7.36. The van der Waals surface area contributed by atoms with Gasteiger partial charge in [0.25, 0.3) is 0 Å². The van der Waals surface area contributed by atoms with Gasteiger partial charge in [-0.15, -0.1) is 0 Å². The van der Waals surface area contributed by atoms with Crippen molar-refractivity contribution < 1.29 is 4.42 Å². The van der Waals surface area contributed by atoms with Crippen LogP contribution in [0.1, 0.15) is 0 Å². The van der Waals surface area contributed by atoms with Crippen LogP contribution in [0, 0.1) is 0 Å². The summed E-state index contributed by atoms with van der Waals surface area (Å²) in [5.41, 5.74) is 13.4. The maximum absolute atomic E-state index is 6.24. The largest absolute Gasteiger partial charge is 0.456 e.